The van der Waals surface area contributed by atoms with E-state index >= 15 is 0 Å². The number of nitrogens with zero attached hydrogens (tertiary/aromatic N) is 3. The van der Waals surface area contributed by atoms with Gasteiger partial charge in [0.15, 0.2) is 5.96 Å². The highest BCUT2D eigenvalue weighted by atomic mass is 127. The van der Waals surface area contributed by atoms with Gasteiger partial charge in [0.25, 0.3) is 0 Å². The Kier molecular flexibility index (Phi) is 10.5. The highest BCUT2D eigenvalue weighted by Crippen LogP contribution is 2.22. The topological polar surface area (TPSA) is 74.2 Å². The summed E-state index contributed by atoms with van der Waals surface area (Å²) in [6, 6.07) is 7.74. The third kappa shape index (κ3) is 7.57. The number of halogens is 1. The Balaban J connectivity index is 0.00000341. The number of hydrogen-bond acceptors (Lipinski definition) is 4. The molecular weight excluding hydrogens is 527 g/mol. The number of rotatable bonds is 6. The quantitative estimate of drug-likeness (QED) is 0.327. The Morgan fingerprint density at radius 2 is 1.74 bits per heavy atom. The molecule has 0 spiro atoms. The monoisotopic (exact) mass is 564 g/mol. The molecule has 1 aromatic rings. The second-order valence-electron chi connectivity index (χ2n) is 8.56. The molecule has 2 heterocycles. The van der Waals surface area contributed by atoms with E-state index in [1.165, 1.54) is 10.7 Å². The first-order valence-corrected chi connectivity index (χ1v) is 12.7. The zero-order valence-electron chi connectivity index (χ0n) is 18.9. The summed E-state index contributed by atoms with van der Waals surface area (Å²) in [5, 5.41) is 3.42. The Morgan fingerprint density at radius 1 is 1.13 bits per heavy atom. The third-order valence-corrected chi connectivity index (χ3v) is 7.55. The van der Waals surface area contributed by atoms with Gasteiger partial charge in [-0.15, -0.1) is 24.0 Å². The van der Waals surface area contributed by atoms with Crippen LogP contribution in [0.5, 0.6) is 0 Å². The summed E-state index contributed by atoms with van der Waals surface area (Å²) in [7, 11) is -3.36. The van der Waals surface area contributed by atoms with Crippen molar-refractivity contribution >= 4 is 40.0 Å². The van der Waals surface area contributed by atoms with Crippen molar-refractivity contribution in [2.75, 3.05) is 45.9 Å². The van der Waals surface area contributed by atoms with Crippen LogP contribution in [-0.2, 0) is 27.1 Å². The summed E-state index contributed by atoms with van der Waals surface area (Å²) in [5.41, 5.74) is 1.78. The molecule has 0 aliphatic carbocycles. The number of likely N-dealkylation sites (tertiary alicyclic amines) is 1. The van der Waals surface area contributed by atoms with Crippen LogP contribution in [0.25, 0.3) is 0 Å². The SMILES string of the molecule is CCNC(=NCc1ccccc1CS(=O)(=O)N1CCOCC1)N1CC(C)CC(C)C1.I. The molecule has 2 aliphatic rings. The highest BCUT2D eigenvalue weighted by Gasteiger charge is 2.26. The second-order valence-corrected chi connectivity index (χ2v) is 10.5. The fraction of sp³-hybridized carbons (Fsp3) is 0.682. The lowest BCUT2D eigenvalue weighted by atomic mass is 9.92. The molecule has 3 rings (SSSR count). The zero-order chi connectivity index (χ0) is 21.6. The van der Waals surface area contributed by atoms with Gasteiger partial charge in [0.2, 0.25) is 10.0 Å². The van der Waals surface area contributed by atoms with Crippen molar-refractivity contribution in [2.24, 2.45) is 16.8 Å². The van der Waals surface area contributed by atoms with Gasteiger partial charge in [-0.25, -0.2) is 13.4 Å². The lowest BCUT2D eigenvalue weighted by Gasteiger charge is -2.37. The number of aliphatic imine (C=N–C) groups is 1. The minimum Gasteiger partial charge on any atom is -0.379 e. The maximum Gasteiger partial charge on any atom is 0.218 e. The Bertz CT molecular complexity index is 818. The van der Waals surface area contributed by atoms with E-state index in [2.05, 4.69) is 31.0 Å². The van der Waals surface area contributed by atoms with Gasteiger partial charge in [0, 0.05) is 32.7 Å². The number of nitrogens with one attached hydrogen (secondary N) is 1. The highest BCUT2D eigenvalue weighted by molar-refractivity contribution is 14.0. The summed E-state index contributed by atoms with van der Waals surface area (Å²) in [5.74, 6) is 2.21. The van der Waals surface area contributed by atoms with E-state index < -0.39 is 10.0 Å². The Labute approximate surface area is 204 Å². The molecule has 0 aromatic heterocycles. The number of piperidine rings is 1. The molecule has 0 radical (unpaired) electrons. The molecule has 2 aliphatic heterocycles. The predicted octanol–water partition coefficient (Wildman–Crippen LogP) is 2.91. The van der Waals surface area contributed by atoms with E-state index in [1.54, 1.807) is 0 Å². The first-order chi connectivity index (χ1) is 14.4. The molecule has 1 N–H and O–H groups in total. The van der Waals surface area contributed by atoms with Crippen LogP contribution < -0.4 is 5.32 Å². The third-order valence-electron chi connectivity index (χ3n) is 5.72. The molecule has 31 heavy (non-hydrogen) atoms. The molecule has 0 amide bonds. The molecule has 0 saturated carbocycles. The standard InChI is InChI=1S/C22H36N4O3S.HI/c1-4-23-22(25-15-18(2)13-19(3)16-25)24-14-20-7-5-6-8-21(20)17-30(27,28)26-9-11-29-12-10-26;/h5-8,18-19H,4,9-17H2,1-3H3,(H,23,24);1H. The van der Waals surface area contributed by atoms with Crippen LogP contribution in [0.1, 0.15) is 38.3 Å². The maximum atomic E-state index is 12.9. The van der Waals surface area contributed by atoms with Crippen molar-refractivity contribution in [3.63, 3.8) is 0 Å². The Morgan fingerprint density at radius 3 is 2.35 bits per heavy atom. The fourth-order valence-corrected chi connectivity index (χ4v) is 5.95. The Hall–Kier alpha value is -0.910. The zero-order valence-corrected chi connectivity index (χ0v) is 22.1. The van der Waals surface area contributed by atoms with Gasteiger partial charge in [0.1, 0.15) is 0 Å². The molecule has 176 valence electrons. The maximum absolute atomic E-state index is 12.9. The number of benzene rings is 1. The van der Waals surface area contributed by atoms with Crippen LogP contribution in [0.4, 0.5) is 0 Å². The molecular formula is C22H37IN4O3S. The number of hydrogen-bond donors (Lipinski definition) is 1. The summed E-state index contributed by atoms with van der Waals surface area (Å²) in [6.07, 6.45) is 1.25. The van der Waals surface area contributed by atoms with Crippen LogP contribution in [0.3, 0.4) is 0 Å². The van der Waals surface area contributed by atoms with Crippen molar-refractivity contribution in [2.45, 2.75) is 39.5 Å². The number of morpholine rings is 1. The lowest BCUT2D eigenvalue weighted by Crippen LogP contribution is -2.48. The van der Waals surface area contributed by atoms with Gasteiger partial charge in [-0.2, -0.15) is 4.31 Å². The van der Waals surface area contributed by atoms with Crippen molar-refractivity contribution in [3.05, 3.63) is 35.4 Å². The van der Waals surface area contributed by atoms with Gasteiger partial charge in [-0.05, 0) is 36.3 Å². The van der Waals surface area contributed by atoms with E-state index in [-0.39, 0.29) is 29.7 Å². The molecule has 9 heteroatoms. The summed E-state index contributed by atoms with van der Waals surface area (Å²) in [4.78, 5) is 7.23. The summed E-state index contributed by atoms with van der Waals surface area (Å²) in [6.45, 7) is 11.7. The molecule has 2 atom stereocenters. The predicted molar refractivity (Wildman–Crippen MR) is 136 cm³/mol. The van der Waals surface area contributed by atoms with Crippen LogP contribution >= 0.6 is 24.0 Å². The van der Waals surface area contributed by atoms with Gasteiger partial charge in [0.05, 0.1) is 25.5 Å². The molecule has 2 saturated heterocycles. The normalized spacial score (nSPS) is 23.3. The van der Waals surface area contributed by atoms with Gasteiger partial charge < -0.3 is 15.0 Å². The van der Waals surface area contributed by atoms with Gasteiger partial charge in [-0.3, -0.25) is 0 Å². The summed E-state index contributed by atoms with van der Waals surface area (Å²) >= 11 is 0. The van der Waals surface area contributed by atoms with E-state index in [1.807, 2.05) is 24.3 Å². The minimum absolute atomic E-state index is 0. The van der Waals surface area contributed by atoms with Gasteiger partial charge in [-0.1, -0.05) is 38.1 Å². The first-order valence-electron chi connectivity index (χ1n) is 11.0. The second kappa shape index (κ2) is 12.4. The molecule has 2 unspecified atom stereocenters. The van der Waals surface area contributed by atoms with Gasteiger partial charge >= 0.3 is 0 Å². The first kappa shape index (κ1) is 26.3. The smallest absolute Gasteiger partial charge is 0.218 e. The van der Waals surface area contributed by atoms with Crippen molar-refractivity contribution < 1.29 is 13.2 Å². The van der Waals surface area contributed by atoms with Crippen LogP contribution in [0.2, 0.25) is 0 Å². The van der Waals surface area contributed by atoms with Crippen LogP contribution in [0, 0.1) is 11.8 Å². The van der Waals surface area contributed by atoms with Crippen LogP contribution in [0.15, 0.2) is 29.3 Å². The van der Waals surface area contributed by atoms with Crippen LogP contribution in [-0.4, -0.2) is 69.5 Å². The van der Waals surface area contributed by atoms with E-state index in [0.29, 0.717) is 44.7 Å². The molecule has 7 nitrogen and oxygen atoms in total. The van der Waals surface area contributed by atoms with Crippen molar-refractivity contribution in [1.82, 2.24) is 14.5 Å². The number of sulfonamides is 1. The van der Waals surface area contributed by atoms with Crippen molar-refractivity contribution in [1.29, 1.82) is 0 Å². The van der Waals surface area contributed by atoms with Crippen molar-refractivity contribution in [3.8, 4) is 0 Å². The molecule has 2 fully saturated rings. The largest absolute Gasteiger partial charge is 0.379 e. The molecule has 0 bridgehead atoms. The summed E-state index contributed by atoms with van der Waals surface area (Å²) < 4.78 is 32.6. The molecule has 1 aromatic carbocycles. The van der Waals surface area contributed by atoms with E-state index in [4.69, 9.17) is 9.73 Å². The number of guanidine groups is 1. The van der Waals surface area contributed by atoms with E-state index in [9.17, 15) is 8.42 Å². The fourth-order valence-electron chi connectivity index (χ4n) is 4.39. The van der Waals surface area contributed by atoms with E-state index in [0.717, 1.165) is 36.7 Å². The average molecular weight is 565 g/mol. The number of ether oxygens (including phenoxy) is 1. The average Bonchev–Trinajstić information content (AvgIpc) is 2.72. The lowest BCUT2D eigenvalue weighted by molar-refractivity contribution is 0.0729. The minimum atomic E-state index is -3.36.